The average Bonchev–Trinajstić information content (AvgIpc) is 2.85. The van der Waals surface area contributed by atoms with E-state index in [9.17, 15) is 4.79 Å². The van der Waals surface area contributed by atoms with Crippen LogP contribution >= 0.6 is 15.9 Å². The number of anilines is 1. The van der Waals surface area contributed by atoms with Crippen molar-refractivity contribution >= 4 is 21.6 Å². The Morgan fingerprint density at radius 2 is 1.96 bits per heavy atom. The molecule has 0 saturated heterocycles. The number of halogens is 1. The predicted octanol–water partition coefficient (Wildman–Crippen LogP) is 3.51. The number of rotatable bonds is 3. The van der Waals surface area contributed by atoms with E-state index >= 15 is 0 Å². The van der Waals surface area contributed by atoms with Crippen molar-refractivity contribution in [3.05, 3.63) is 68.4 Å². The van der Waals surface area contributed by atoms with Crippen LogP contribution < -0.4 is 11.3 Å². The molecule has 118 valence electrons. The molecule has 0 unspecified atom stereocenters. The van der Waals surface area contributed by atoms with E-state index < -0.39 is 0 Å². The van der Waals surface area contributed by atoms with Gasteiger partial charge < -0.3 is 14.8 Å². The summed E-state index contributed by atoms with van der Waals surface area (Å²) in [6, 6.07) is 9.50. The molecule has 3 rings (SSSR count). The molecule has 0 aliphatic heterocycles. The van der Waals surface area contributed by atoms with E-state index in [1.54, 1.807) is 16.8 Å². The molecule has 0 fully saturated rings. The van der Waals surface area contributed by atoms with Crippen LogP contribution in [0.5, 0.6) is 0 Å². The Bertz CT molecular complexity index is 891. The molecule has 0 aliphatic carbocycles. The van der Waals surface area contributed by atoms with Crippen molar-refractivity contribution in [1.29, 1.82) is 0 Å². The number of nitrogens with two attached hydrogens (primary N) is 1. The number of nitrogen functional groups attached to an aromatic ring is 1. The molecule has 3 aromatic rings. The molecule has 1 aromatic carbocycles. The lowest BCUT2D eigenvalue weighted by Gasteiger charge is -2.10. The van der Waals surface area contributed by atoms with Crippen molar-refractivity contribution in [1.82, 2.24) is 9.72 Å². The molecule has 0 aliphatic rings. The van der Waals surface area contributed by atoms with Crippen LogP contribution in [0.4, 0.5) is 5.69 Å². The molecule has 2 heterocycles. The van der Waals surface area contributed by atoms with Crippen LogP contribution in [-0.2, 0) is 6.54 Å². The fourth-order valence-corrected chi connectivity index (χ4v) is 2.86. The molecule has 23 heavy (non-hydrogen) atoms. The summed E-state index contributed by atoms with van der Waals surface area (Å²) in [6.07, 6.45) is 1.80. The van der Waals surface area contributed by atoms with Crippen molar-refractivity contribution < 1.29 is 4.52 Å². The Balaban J connectivity index is 2.07. The third-order valence-electron chi connectivity index (χ3n) is 3.70. The Hall–Kier alpha value is -2.34. The molecular formula is C17H16BrN3O2. The summed E-state index contributed by atoms with van der Waals surface area (Å²) < 4.78 is 7.82. The number of pyridine rings is 1. The minimum atomic E-state index is -0.205. The van der Waals surface area contributed by atoms with Gasteiger partial charge in [0.1, 0.15) is 5.76 Å². The first kappa shape index (κ1) is 15.6. The summed E-state index contributed by atoms with van der Waals surface area (Å²) in [7, 11) is 0. The SMILES string of the molecule is Cc1noc(C)c1-c1cc(N)c(=O)n(Cc2ccc(Br)cc2)c1. The van der Waals surface area contributed by atoms with E-state index in [0.717, 1.165) is 26.9 Å². The van der Waals surface area contributed by atoms with Crippen molar-refractivity contribution in [2.24, 2.45) is 0 Å². The zero-order valence-electron chi connectivity index (χ0n) is 12.8. The molecule has 0 bridgehead atoms. The van der Waals surface area contributed by atoms with Gasteiger partial charge in [0, 0.05) is 21.8 Å². The number of hydrogen-bond acceptors (Lipinski definition) is 4. The van der Waals surface area contributed by atoms with Gasteiger partial charge in [0.25, 0.3) is 5.56 Å². The zero-order chi connectivity index (χ0) is 16.6. The maximum Gasteiger partial charge on any atom is 0.274 e. The Morgan fingerprint density at radius 3 is 2.57 bits per heavy atom. The number of nitrogens with zero attached hydrogens (tertiary/aromatic N) is 2. The molecule has 2 aromatic heterocycles. The minimum Gasteiger partial charge on any atom is -0.394 e. The van der Waals surface area contributed by atoms with Crippen LogP contribution in [0.1, 0.15) is 17.0 Å². The van der Waals surface area contributed by atoms with Crippen LogP contribution in [0.2, 0.25) is 0 Å². The monoisotopic (exact) mass is 373 g/mol. The quantitative estimate of drug-likeness (QED) is 0.761. The third-order valence-corrected chi connectivity index (χ3v) is 4.23. The summed E-state index contributed by atoms with van der Waals surface area (Å²) in [4.78, 5) is 12.3. The normalized spacial score (nSPS) is 10.9. The molecule has 0 amide bonds. The first-order chi connectivity index (χ1) is 11.0. The largest absolute Gasteiger partial charge is 0.394 e. The second-order valence-corrected chi connectivity index (χ2v) is 6.36. The first-order valence-corrected chi connectivity index (χ1v) is 7.92. The van der Waals surface area contributed by atoms with Crippen LogP contribution in [0.15, 0.2) is 50.3 Å². The smallest absolute Gasteiger partial charge is 0.274 e. The van der Waals surface area contributed by atoms with Crippen molar-refractivity contribution in [2.45, 2.75) is 20.4 Å². The number of aromatic nitrogens is 2. The van der Waals surface area contributed by atoms with Gasteiger partial charge in [-0.25, -0.2) is 0 Å². The molecular weight excluding hydrogens is 358 g/mol. The van der Waals surface area contributed by atoms with Crippen LogP contribution in [0.25, 0.3) is 11.1 Å². The van der Waals surface area contributed by atoms with Gasteiger partial charge in [-0.1, -0.05) is 33.2 Å². The van der Waals surface area contributed by atoms with E-state index in [4.69, 9.17) is 10.3 Å². The lowest BCUT2D eigenvalue weighted by Crippen LogP contribution is -2.23. The highest BCUT2D eigenvalue weighted by molar-refractivity contribution is 9.10. The van der Waals surface area contributed by atoms with Gasteiger partial charge >= 0.3 is 0 Å². The van der Waals surface area contributed by atoms with Gasteiger partial charge in [0.2, 0.25) is 0 Å². The van der Waals surface area contributed by atoms with E-state index in [1.807, 2.05) is 38.1 Å². The minimum absolute atomic E-state index is 0.205. The van der Waals surface area contributed by atoms with E-state index in [1.165, 1.54) is 0 Å². The van der Waals surface area contributed by atoms with Gasteiger partial charge in [-0.05, 0) is 37.6 Å². The summed E-state index contributed by atoms with van der Waals surface area (Å²) in [5.74, 6) is 0.704. The Kier molecular flexibility index (Phi) is 4.09. The van der Waals surface area contributed by atoms with Crippen LogP contribution in [0, 0.1) is 13.8 Å². The molecule has 0 radical (unpaired) electrons. The molecule has 0 atom stereocenters. The maximum absolute atomic E-state index is 12.3. The summed E-state index contributed by atoms with van der Waals surface area (Å²) in [6.45, 7) is 4.16. The van der Waals surface area contributed by atoms with E-state index in [0.29, 0.717) is 12.3 Å². The highest BCUT2D eigenvalue weighted by Gasteiger charge is 2.14. The van der Waals surface area contributed by atoms with Gasteiger partial charge in [0.05, 0.1) is 17.9 Å². The van der Waals surface area contributed by atoms with Crippen LogP contribution in [-0.4, -0.2) is 9.72 Å². The molecule has 0 spiro atoms. The fourth-order valence-electron chi connectivity index (χ4n) is 2.59. The van der Waals surface area contributed by atoms with E-state index in [-0.39, 0.29) is 11.2 Å². The molecule has 5 nitrogen and oxygen atoms in total. The second-order valence-electron chi connectivity index (χ2n) is 5.44. The Morgan fingerprint density at radius 1 is 1.26 bits per heavy atom. The van der Waals surface area contributed by atoms with Crippen molar-refractivity contribution in [3.8, 4) is 11.1 Å². The Labute approximate surface area is 141 Å². The molecule has 0 saturated carbocycles. The topological polar surface area (TPSA) is 74.1 Å². The third kappa shape index (κ3) is 3.07. The van der Waals surface area contributed by atoms with Gasteiger partial charge in [-0.15, -0.1) is 0 Å². The number of hydrogen-bond donors (Lipinski definition) is 1. The standard InChI is InChI=1S/C17H16BrN3O2/c1-10-16(11(2)23-20-10)13-7-15(19)17(22)21(9-13)8-12-3-5-14(18)6-4-12/h3-7,9H,8,19H2,1-2H3. The van der Waals surface area contributed by atoms with Gasteiger partial charge in [-0.3, -0.25) is 4.79 Å². The first-order valence-electron chi connectivity index (χ1n) is 7.13. The van der Waals surface area contributed by atoms with Gasteiger partial charge in [-0.2, -0.15) is 0 Å². The lowest BCUT2D eigenvalue weighted by molar-refractivity contribution is 0.393. The average molecular weight is 374 g/mol. The molecule has 2 N–H and O–H groups in total. The fraction of sp³-hybridized carbons (Fsp3) is 0.176. The highest BCUT2D eigenvalue weighted by atomic mass is 79.9. The maximum atomic E-state index is 12.3. The van der Waals surface area contributed by atoms with Crippen molar-refractivity contribution in [3.63, 3.8) is 0 Å². The number of aryl methyl sites for hydroxylation is 2. The summed E-state index contributed by atoms with van der Waals surface area (Å²) in [5, 5.41) is 3.96. The lowest BCUT2D eigenvalue weighted by atomic mass is 10.1. The highest BCUT2D eigenvalue weighted by Crippen LogP contribution is 2.27. The second kappa shape index (κ2) is 6.04. The van der Waals surface area contributed by atoms with Crippen LogP contribution in [0.3, 0.4) is 0 Å². The molecule has 6 heteroatoms. The number of benzene rings is 1. The summed E-state index contributed by atoms with van der Waals surface area (Å²) >= 11 is 3.40. The summed E-state index contributed by atoms with van der Waals surface area (Å²) in [5.41, 5.74) is 9.41. The van der Waals surface area contributed by atoms with Gasteiger partial charge in [0.15, 0.2) is 0 Å². The predicted molar refractivity (Wildman–Crippen MR) is 93.3 cm³/mol. The van der Waals surface area contributed by atoms with Crippen molar-refractivity contribution in [2.75, 3.05) is 5.73 Å². The zero-order valence-corrected chi connectivity index (χ0v) is 14.4. The van der Waals surface area contributed by atoms with E-state index in [2.05, 4.69) is 21.1 Å².